The van der Waals surface area contributed by atoms with Gasteiger partial charge in [0, 0.05) is 27.7 Å². The fourth-order valence-electron chi connectivity index (χ4n) is 3.41. The Morgan fingerprint density at radius 3 is 2.21 bits per heavy atom. The number of nitrogens with zero attached hydrogens (tertiary/aromatic N) is 1. The van der Waals surface area contributed by atoms with Gasteiger partial charge >= 0.3 is 0 Å². The molecule has 33 heavy (non-hydrogen) atoms. The van der Waals surface area contributed by atoms with Gasteiger partial charge in [0.05, 0.1) is 0 Å². The summed E-state index contributed by atoms with van der Waals surface area (Å²) in [5, 5.41) is 4.58. The highest BCUT2D eigenvalue weighted by molar-refractivity contribution is 6.35. The molecule has 0 aliphatic rings. The Hall–Kier alpha value is -1.95. The first-order chi connectivity index (χ1) is 15.6. The van der Waals surface area contributed by atoms with Gasteiger partial charge in [0.1, 0.15) is 11.8 Å². The number of hydrogen-bond donors (Lipinski definition) is 1. The molecule has 0 radical (unpaired) electrons. The van der Waals surface area contributed by atoms with Gasteiger partial charge in [-0.3, -0.25) is 9.59 Å². The van der Waals surface area contributed by atoms with E-state index in [9.17, 15) is 9.59 Å². The minimum atomic E-state index is -0.671. The van der Waals surface area contributed by atoms with Crippen LogP contribution in [0.1, 0.15) is 50.3 Å². The second-order valence-corrected chi connectivity index (χ2v) is 9.38. The van der Waals surface area contributed by atoms with E-state index >= 15 is 0 Å². The molecular weight excluding hydrogens is 483 g/mol. The molecule has 2 unspecified atom stereocenters. The van der Waals surface area contributed by atoms with E-state index in [-0.39, 0.29) is 31.0 Å². The lowest BCUT2D eigenvalue weighted by molar-refractivity contribution is -0.143. The molecule has 180 valence electrons. The molecule has 5 nitrogen and oxygen atoms in total. The highest BCUT2D eigenvalue weighted by Crippen LogP contribution is 2.27. The molecular formula is C25H31Cl3N2O3. The maximum atomic E-state index is 13.3. The highest BCUT2D eigenvalue weighted by atomic mass is 35.5. The molecule has 2 amide bonds. The fraction of sp³-hybridized carbons (Fsp3) is 0.440. The molecule has 8 heteroatoms. The van der Waals surface area contributed by atoms with E-state index in [1.807, 2.05) is 34.6 Å². The van der Waals surface area contributed by atoms with Crippen LogP contribution in [0, 0.1) is 13.8 Å². The summed E-state index contributed by atoms with van der Waals surface area (Å²) in [6, 6.07) is 8.00. The Kier molecular flexibility index (Phi) is 10.3. The van der Waals surface area contributed by atoms with Gasteiger partial charge in [0.25, 0.3) is 5.91 Å². The van der Waals surface area contributed by atoms with Crippen LogP contribution < -0.4 is 10.1 Å². The van der Waals surface area contributed by atoms with Crippen LogP contribution >= 0.6 is 34.8 Å². The lowest BCUT2D eigenvalue weighted by Crippen LogP contribution is -2.51. The van der Waals surface area contributed by atoms with Crippen LogP contribution in [0.15, 0.2) is 30.3 Å². The van der Waals surface area contributed by atoms with Crippen molar-refractivity contribution in [2.45, 2.75) is 66.1 Å². The zero-order chi connectivity index (χ0) is 24.7. The number of ether oxygens (including phenoxy) is 1. The zero-order valence-electron chi connectivity index (χ0n) is 19.7. The normalized spacial score (nSPS) is 12.7. The molecule has 0 saturated carbocycles. The molecule has 0 saturated heterocycles. The number of rotatable bonds is 10. The van der Waals surface area contributed by atoms with Gasteiger partial charge in [0.15, 0.2) is 6.61 Å². The summed E-state index contributed by atoms with van der Waals surface area (Å²) in [6.07, 6.45) is 1.23. The van der Waals surface area contributed by atoms with Gasteiger partial charge in [-0.25, -0.2) is 0 Å². The molecule has 2 aromatic carbocycles. The summed E-state index contributed by atoms with van der Waals surface area (Å²) in [6.45, 7) is 9.49. The molecule has 1 N–H and O–H groups in total. The summed E-state index contributed by atoms with van der Waals surface area (Å²) in [5.41, 5.74) is 2.42. The number of nitrogens with one attached hydrogen (secondary N) is 1. The first kappa shape index (κ1) is 27.3. The van der Waals surface area contributed by atoms with E-state index < -0.39 is 6.04 Å². The maximum Gasteiger partial charge on any atom is 0.261 e. The lowest BCUT2D eigenvalue weighted by atomic mass is 10.1. The van der Waals surface area contributed by atoms with Gasteiger partial charge in [-0.2, -0.15) is 0 Å². The van der Waals surface area contributed by atoms with Gasteiger partial charge in [-0.05, 0) is 74.6 Å². The van der Waals surface area contributed by atoms with Crippen LogP contribution in [0.25, 0.3) is 0 Å². The SMILES string of the molecule is CCC(C)NC(=O)C(CC)N(Cc1ccc(Cl)cc1Cl)C(=O)COc1cc(C)c(Cl)c(C)c1. The number of halogens is 3. The summed E-state index contributed by atoms with van der Waals surface area (Å²) < 4.78 is 5.79. The van der Waals surface area contributed by atoms with Crippen LogP contribution in [0.4, 0.5) is 0 Å². The average Bonchev–Trinajstić information content (AvgIpc) is 2.76. The Morgan fingerprint density at radius 1 is 1.03 bits per heavy atom. The molecule has 2 atom stereocenters. The largest absolute Gasteiger partial charge is 0.484 e. The van der Waals surface area contributed by atoms with Crippen molar-refractivity contribution in [2.75, 3.05) is 6.61 Å². The van der Waals surface area contributed by atoms with Gasteiger partial charge in [-0.1, -0.05) is 54.7 Å². The summed E-state index contributed by atoms with van der Waals surface area (Å²) >= 11 is 18.6. The zero-order valence-corrected chi connectivity index (χ0v) is 21.9. The summed E-state index contributed by atoms with van der Waals surface area (Å²) in [7, 11) is 0. The number of aryl methyl sites for hydroxylation is 2. The third-order valence-electron chi connectivity index (χ3n) is 5.52. The van der Waals surface area contributed by atoms with E-state index in [2.05, 4.69) is 5.32 Å². The van der Waals surface area contributed by atoms with Crippen molar-refractivity contribution >= 4 is 46.6 Å². The third-order valence-corrected chi connectivity index (χ3v) is 6.70. The third kappa shape index (κ3) is 7.53. The van der Waals surface area contributed by atoms with Crippen LogP contribution in [0.2, 0.25) is 15.1 Å². The number of carbonyl (C=O) groups excluding carboxylic acids is 2. The van der Waals surface area contributed by atoms with Crippen molar-refractivity contribution in [3.05, 3.63) is 62.1 Å². The average molecular weight is 514 g/mol. The van der Waals surface area contributed by atoms with Gasteiger partial charge in [-0.15, -0.1) is 0 Å². The number of carbonyl (C=O) groups is 2. The van der Waals surface area contributed by atoms with E-state index in [4.69, 9.17) is 39.5 Å². The molecule has 0 heterocycles. The van der Waals surface area contributed by atoms with Crippen LogP contribution in [0.3, 0.4) is 0 Å². The maximum absolute atomic E-state index is 13.3. The van der Waals surface area contributed by atoms with E-state index in [0.29, 0.717) is 32.8 Å². The Bertz CT molecular complexity index is 974. The van der Waals surface area contributed by atoms with Crippen molar-refractivity contribution in [2.24, 2.45) is 0 Å². The number of amides is 2. The van der Waals surface area contributed by atoms with E-state index in [1.54, 1.807) is 30.3 Å². The van der Waals surface area contributed by atoms with Gasteiger partial charge < -0.3 is 15.0 Å². The number of benzene rings is 2. The van der Waals surface area contributed by atoms with Crippen LogP contribution in [0.5, 0.6) is 5.75 Å². The second-order valence-electron chi connectivity index (χ2n) is 8.16. The number of hydrogen-bond acceptors (Lipinski definition) is 3. The molecule has 0 bridgehead atoms. The van der Waals surface area contributed by atoms with Crippen LogP contribution in [-0.4, -0.2) is 35.4 Å². The first-order valence-corrected chi connectivity index (χ1v) is 12.1. The lowest BCUT2D eigenvalue weighted by Gasteiger charge is -2.31. The van der Waals surface area contributed by atoms with Crippen molar-refractivity contribution in [1.29, 1.82) is 0 Å². The van der Waals surface area contributed by atoms with Crippen molar-refractivity contribution in [3.8, 4) is 5.75 Å². The quantitative estimate of drug-likeness (QED) is 0.402. The molecule has 0 aromatic heterocycles. The van der Waals surface area contributed by atoms with Gasteiger partial charge in [0.2, 0.25) is 5.91 Å². The molecule has 2 rings (SSSR count). The molecule has 0 spiro atoms. The monoisotopic (exact) mass is 512 g/mol. The Labute approximate surface area is 211 Å². The predicted molar refractivity (Wildman–Crippen MR) is 135 cm³/mol. The van der Waals surface area contributed by atoms with Crippen molar-refractivity contribution in [3.63, 3.8) is 0 Å². The molecule has 0 fully saturated rings. The topological polar surface area (TPSA) is 58.6 Å². The minimum Gasteiger partial charge on any atom is -0.484 e. The Balaban J connectivity index is 2.29. The van der Waals surface area contributed by atoms with Crippen molar-refractivity contribution < 1.29 is 14.3 Å². The second kappa shape index (κ2) is 12.5. The van der Waals surface area contributed by atoms with E-state index in [0.717, 1.165) is 17.5 Å². The predicted octanol–water partition coefficient (Wildman–Crippen LogP) is 6.36. The smallest absolute Gasteiger partial charge is 0.261 e. The summed E-state index contributed by atoms with van der Waals surface area (Å²) in [4.78, 5) is 27.8. The molecule has 2 aromatic rings. The fourth-order valence-corrected chi connectivity index (χ4v) is 3.99. The standard InChI is InChI=1S/C25H31Cl3N2O3/c1-6-17(5)29-25(32)22(7-2)30(13-18-8-9-19(26)12-21(18)27)23(31)14-33-20-10-15(3)24(28)16(4)11-20/h8-12,17,22H,6-7,13-14H2,1-5H3,(H,29,32). The van der Waals surface area contributed by atoms with E-state index in [1.165, 1.54) is 4.90 Å². The van der Waals surface area contributed by atoms with Crippen LogP contribution in [-0.2, 0) is 16.1 Å². The Morgan fingerprint density at radius 2 is 1.67 bits per heavy atom. The highest BCUT2D eigenvalue weighted by Gasteiger charge is 2.30. The molecule has 0 aliphatic heterocycles. The first-order valence-electron chi connectivity index (χ1n) is 11.0. The molecule has 0 aliphatic carbocycles. The summed E-state index contributed by atoms with van der Waals surface area (Å²) in [5.74, 6) is 0.0187. The van der Waals surface area contributed by atoms with Crippen molar-refractivity contribution in [1.82, 2.24) is 10.2 Å². The minimum absolute atomic E-state index is 0.00103.